The second-order valence-corrected chi connectivity index (χ2v) is 11.5. The van der Waals surface area contributed by atoms with Crippen molar-refractivity contribution in [1.29, 1.82) is 0 Å². The molecule has 41 heavy (non-hydrogen) atoms. The first-order valence-corrected chi connectivity index (χ1v) is 16.1. The van der Waals surface area contributed by atoms with Gasteiger partial charge in [-0.2, -0.15) is 4.57 Å². The van der Waals surface area contributed by atoms with Crippen molar-refractivity contribution >= 4 is 22.9 Å². The minimum atomic E-state index is -0.0483. The second kappa shape index (κ2) is 20.5. The molecular weight excluding hydrogens is 596 g/mol. The number of rotatable bonds is 20. The SMILES string of the molecule is CCCCCCCCCCCCCCOc1cc(CC(=O)Nc2ccc(C[n+]3cscc3C)cc2)ccc1OC.[Br-]. The van der Waals surface area contributed by atoms with Gasteiger partial charge >= 0.3 is 0 Å². The number of nitrogens with zero attached hydrogens (tertiary/aromatic N) is 1. The van der Waals surface area contributed by atoms with Crippen molar-refractivity contribution in [3.8, 4) is 11.5 Å². The molecule has 0 fully saturated rings. The Hall–Kier alpha value is -2.38. The van der Waals surface area contributed by atoms with Crippen LogP contribution < -0.4 is 36.3 Å². The smallest absolute Gasteiger partial charge is 0.228 e. The van der Waals surface area contributed by atoms with E-state index in [1.165, 1.54) is 81.9 Å². The largest absolute Gasteiger partial charge is 1.00 e. The van der Waals surface area contributed by atoms with Crippen molar-refractivity contribution in [2.24, 2.45) is 0 Å². The van der Waals surface area contributed by atoms with Crippen LogP contribution >= 0.6 is 11.3 Å². The van der Waals surface area contributed by atoms with Crippen LogP contribution in [0.5, 0.6) is 11.5 Å². The minimum Gasteiger partial charge on any atom is -1.00 e. The Labute approximate surface area is 262 Å². The van der Waals surface area contributed by atoms with Crippen molar-refractivity contribution in [3.05, 3.63) is 70.2 Å². The molecule has 0 aliphatic heterocycles. The third kappa shape index (κ3) is 13.4. The van der Waals surface area contributed by atoms with E-state index in [9.17, 15) is 4.79 Å². The molecule has 0 unspecified atom stereocenters. The summed E-state index contributed by atoms with van der Waals surface area (Å²) in [4.78, 5) is 12.7. The number of ether oxygens (including phenoxy) is 2. The highest BCUT2D eigenvalue weighted by molar-refractivity contribution is 7.07. The summed E-state index contributed by atoms with van der Waals surface area (Å²) in [7, 11) is 1.65. The Bertz CT molecular complexity index is 1130. The molecule has 1 aromatic heterocycles. The lowest BCUT2D eigenvalue weighted by molar-refractivity contribution is -0.689. The number of unbranched alkanes of at least 4 members (excludes halogenated alkanes) is 11. The lowest BCUT2D eigenvalue weighted by Crippen LogP contribution is -3.00. The van der Waals surface area contributed by atoms with Crippen LogP contribution in [0.1, 0.15) is 101 Å². The number of amides is 1. The summed E-state index contributed by atoms with van der Waals surface area (Å²) in [6.45, 7) is 5.88. The maximum atomic E-state index is 12.7. The predicted octanol–water partition coefficient (Wildman–Crippen LogP) is 5.67. The Morgan fingerprint density at radius 1 is 0.829 bits per heavy atom. The molecule has 5 nitrogen and oxygen atoms in total. The third-order valence-corrected chi connectivity index (χ3v) is 8.17. The van der Waals surface area contributed by atoms with Gasteiger partial charge in [-0.3, -0.25) is 4.79 Å². The molecule has 0 saturated heterocycles. The number of carbonyl (C=O) groups excluding carboxylic acids is 1. The molecule has 0 aliphatic rings. The monoisotopic (exact) mass is 644 g/mol. The van der Waals surface area contributed by atoms with Crippen LogP contribution in [0.2, 0.25) is 0 Å². The maximum absolute atomic E-state index is 12.7. The molecule has 2 aromatic carbocycles. The Morgan fingerprint density at radius 2 is 1.44 bits per heavy atom. The average Bonchev–Trinajstić information content (AvgIpc) is 3.36. The minimum absolute atomic E-state index is 0. The summed E-state index contributed by atoms with van der Waals surface area (Å²) in [5.41, 5.74) is 6.28. The van der Waals surface area contributed by atoms with Gasteiger partial charge in [-0.1, -0.05) is 107 Å². The highest BCUT2D eigenvalue weighted by Crippen LogP contribution is 2.29. The van der Waals surface area contributed by atoms with E-state index < -0.39 is 0 Å². The zero-order valence-electron chi connectivity index (χ0n) is 25.3. The topological polar surface area (TPSA) is 51.4 Å². The number of hydrogen-bond donors (Lipinski definition) is 1. The second-order valence-electron chi connectivity index (χ2n) is 10.8. The lowest BCUT2D eigenvalue weighted by Gasteiger charge is -2.13. The van der Waals surface area contributed by atoms with Gasteiger partial charge in [0.15, 0.2) is 23.7 Å². The van der Waals surface area contributed by atoms with Crippen LogP contribution in [-0.2, 0) is 17.8 Å². The fraction of sp³-hybridized carbons (Fsp3) is 0.529. The van der Waals surface area contributed by atoms with Crippen LogP contribution in [-0.4, -0.2) is 19.6 Å². The number of benzene rings is 2. The quantitative estimate of drug-likeness (QED) is 0.127. The van der Waals surface area contributed by atoms with E-state index >= 15 is 0 Å². The van der Waals surface area contributed by atoms with Gasteiger partial charge in [0.25, 0.3) is 0 Å². The normalized spacial score (nSPS) is 10.7. The summed E-state index contributed by atoms with van der Waals surface area (Å²) < 4.78 is 13.8. The molecule has 1 amide bonds. The number of carbonyl (C=O) groups is 1. The molecular formula is C34H49BrN2O3S. The van der Waals surface area contributed by atoms with Crippen molar-refractivity contribution in [3.63, 3.8) is 0 Å². The average molecular weight is 646 g/mol. The summed E-state index contributed by atoms with van der Waals surface area (Å²) in [5.74, 6) is 1.37. The number of aryl methyl sites for hydroxylation is 1. The van der Waals surface area contributed by atoms with Crippen LogP contribution in [0.4, 0.5) is 5.69 Å². The first-order chi connectivity index (χ1) is 19.6. The van der Waals surface area contributed by atoms with Crippen molar-refractivity contribution in [2.45, 2.75) is 104 Å². The molecule has 0 radical (unpaired) electrons. The van der Waals surface area contributed by atoms with Gasteiger partial charge in [-0.05, 0) is 36.2 Å². The molecule has 0 aliphatic carbocycles. The maximum Gasteiger partial charge on any atom is 0.228 e. The van der Waals surface area contributed by atoms with Gasteiger partial charge in [0.1, 0.15) is 0 Å². The van der Waals surface area contributed by atoms with Gasteiger partial charge in [0.05, 0.1) is 25.5 Å². The first kappa shape index (κ1) is 34.8. The van der Waals surface area contributed by atoms with E-state index in [-0.39, 0.29) is 29.3 Å². The van der Waals surface area contributed by atoms with Crippen molar-refractivity contribution in [2.75, 3.05) is 19.0 Å². The van der Waals surface area contributed by atoms with Gasteiger partial charge in [0.2, 0.25) is 11.4 Å². The standard InChI is InChI=1S/C34H48N2O3S.BrH/c1-4-5-6-7-8-9-10-11-12-13-14-15-22-39-33-23-30(18-21-32(33)38-3)24-34(37)35-31-19-16-29(17-20-31)25-36-27-40-26-28(36)2;/h16-21,23,26-27H,4-15,22,24-25H2,1-3H3;1H. The molecule has 0 atom stereocenters. The van der Waals surface area contributed by atoms with Crippen LogP contribution in [0, 0.1) is 6.92 Å². The summed E-state index contributed by atoms with van der Waals surface area (Å²) >= 11 is 1.70. The Morgan fingerprint density at radius 3 is 2.02 bits per heavy atom. The number of nitrogens with one attached hydrogen (secondary N) is 1. The molecule has 7 heteroatoms. The van der Waals surface area contributed by atoms with Crippen LogP contribution in [0.3, 0.4) is 0 Å². The van der Waals surface area contributed by atoms with Crippen LogP contribution in [0.25, 0.3) is 0 Å². The number of thiazole rings is 1. The van der Waals surface area contributed by atoms with Gasteiger partial charge < -0.3 is 31.8 Å². The fourth-order valence-corrected chi connectivity index (χ4v) is 5.65. The van der Waals surface area contributed by atoms with E-state index in [1.54, 1.807) is 18.4 Å². The summed E-state index contributed by atoms with van der Waals surface area (Å²) in [6, 6.07) is 13.8. The molecule has 226 valence electrons. The number of methoxy groups -OCH3 is 1. The zero-order valence-corrected chi connectivity index (χ0v) is 27.7. The Kier molecular flexibility index (Phi) is 17.4. The van der Waals surface area contributed by atoms with E-state index in [2.05, 4.69) is 46.8 Å². The van der Waals surface area contributed by atoms with Gasteiger partial charge in [0, 0.05) is 18.2 Å². The molecule has 3 aromatic rings. The molecule has 3 rings (SSSR count). The zero-order chi connectivity index (χ0) is 28.4. The molecule has 1 N–H and O–H groups in total. The van der Waals surface area contributed by atoms with E-state index in [0.29, 0.717) is 18.1 Å². The summed E-state index contributed by atoms with van der Waals surface area (Å²) in [6.07, 6.45) is 16.1. The first-order valence-electron chi connectivity index (χ1n) is 15.2. The predicted molar refractivity (Wildman–Crippen MR) is 167 cm³/mol. The Balaban J connectivity index is 0.00000588. The van der Waals surface area contributed by atoms with Crippen molar-refractivity contribution < 1.29 is 35.8 Å². The number of aromatic nitrogens is 1. The van der Waals surface area contributed by atoms with Crippen molar-refractivity contribution in [1.82, 2.24) is 0 Å². The van der Waals surface area contributed by atoms with E-state index in [4.69, 9.17) is 9.47 Å². The van der Waals surface area contributed by atoms with E-state index in [1.807, 2.05) is 30.3 Å². The van der Waals surface area contributed by atoms with Gasteiger partial charge in [-0.25, -0.2) is 0 Å². The third-order valence-electron chi connectivity index (χ3n) is 7.32. The number of halogens is 1. The van der Waals surface area contributed by atoms with E-state index in [0.717, 1.165) is 24.2 Å². The fourth-order valence-electron chi connectivity index (χ4n) is 4.86. The molecule has 1 heterocycles. The number of hydrogen-bond acceptors (Lipinski definition) is 4. The lowest BCUT2D eigenvalue weighted by atomic mass is 10.1. The molecule has 0 saturated carbocycles. The molecule has 0 spiro atoms. The number of anilines is 1. The highest BCUT2D eigenvalue weighted by Gasteiger charge is 2.11. The highest BCUT2D eigenvalue weighted by atomic mass is 79.9. The van der Waals surface area contributed by atoms with Gasteiger partial charge in [-0.15, -0.1) is 0 Å². The molecule has 0 bridgehead atoms. The van der Waals surface area contributed by atoms with Crippen LogP contribution in [0.15, 0.2) is 53.4 Å². The summed E-state index contributed by atoms with van der Waals surface area (Å²) in [5, 5.41) is 5.16.